The standard InChI is InChI=1S/C9H7NO2S2/c10-4-1-5-6(9(11)12)3-14-8(5)7(13)2-4/h1-3,13H,10H2,(H,11,12). The second kappa shape index (κ2) is 3.18. The van der Waals surface area contributed by atoms with Gasteiger partial charge in [-0.3, -0.25) is 0 Å². The number of nitrogen functional groups attached to an aromatic ring is 1. The lowest BCUT2D eigenvalue weighted by Gasteiger charge is -1.98. The van der Waals surface area contributed by atoms with E-state index in [1.165, 1.54) is 11.3 Å². The van der Waals surface area contributed by atoms with Crippen LogP contribution in [-0.4, -0.2) is 11.1 Å². The number of anilines is 1. The van der Waals surface area contributed by atoms with Gasteiger partial charge in [-0.05, 0) is 12.1 Å². The molecular formula is C9H7NO2S2. The number of thiophene rings is 1. The van der Waals surface area contributed by atoms with E-state index in [1.54, 1.807) is 17.5 Å². The van der Waals surface area contributed by atoms with Gasteiger partial charge in [-0.2, -0.15) is 0 Å². The monoisotopic (exact) mass is 225 g/mol. The third kappa shape index (κ3) is 1.34. The zero-order valence-electron chi connectivity index (χ0n) is 7.02. The second-order valence-corrected chi connectivity index (χ2v) is 4.23. The van der Waals surface area contributed by atoms with Crippen LogP contribution in [-0.2, 0) is 0 Å². The molecule has 2 rings (SSSR count). The lowest BCUT2D eigenvalue weighted by atomic mass is 10.1. The molecule has 0 fully saturated rings. The first-order valence-electron chi connectivity index (χ1n) is 3.82. The van der Waals surface area contributed by atoms with E-state index in [-0.39, 0.29) is 5.56 Å². The molecule has 0 aliphatic carbocycles. The Hall–Kier alpha value is -1.20. The zero-order chi connectivity index (χ0) is 10.3. The van der Waals surface area contributed by atoms with Crippen molar-refractivity contribution < 1.29 is 9.90 Å². The van der Waals surface area contributed by atoms with Crippen LogP contribution in [0.25, 0.3) is 10.1 Å². The van der Waals surface area contributed by atoms with Crippen LogP contribution in [0.4, 0.5) is 5.69 Å². The Balaban J connectivity index is 2.85. The Bertz CT molecular complexity index is 519. The molecule has 0 unspecified atom stereocenters. The van der Waals surface area contributed by atoms with Gasteiger partial charge in [0.25, 0.3) is 0 Å². The van der Waals surface area contributed by atoms with Crippen LogP contribution >= 0.6 is 24.0 Å². The Morgan fingerprint density at radius 1 is 1.50 bits per heavy atom. The molecule has 0 amide bonds. The highest BCUT2D eigenvalue weighted by atomic mass is 32.1. The first-order chi connectivity index (χ1) is 6.59. The molecule has 0 atom stereocenters. The smallest absolute Gasteiger partial charge is 0.337 e. The summed E-state index contributed by atoms with van der Waals surface area (Å²) in [5.74, 6) is -0.936. The Kier molecular flexibility index (Phi) is 2.13. The van der Waals surface area contributed by atoms with E-state index < -0.39 is 5.97 Å². The lowest BCUT2D eigenvalue weighted by molar-refractivity contribution is 0.0699. The molecular weight excluding hydrogens is 218 g/mol. The predicted molar refractivity (Wildman–Crippen MR) is 60.4 cm³/mol. The number of benzene rings is 1. The van der Waals surface area contributed by atoms with Crippen molar-refractivity contribution in [2.75, 3.05) is 5.73 Å². The highest BCUT2D eigenvalue weighted by Crippen LogP contribution is 2.33. The lowest BCUT2D eigenvalue weighted by Crippen LogP contribution is -1.94. The SMILES string of the molecule is Nc1cc(S)c2scc(C(=O)O)c2c1. The number of hydrogen-bond acceptors (Lipinski definition) is 4. The fraction of sp³-hybridized carbons (Fsp3) is 0. The first kappa shape index (κ1) is 9.36. The summed E-state index contributed by atoms with van der Waals surface area (Å²) in [7, 11) is 0. The summed E-state index contributed by atoms with van der Waals surface area (Å²) in [5.41, 5.74) is 6.43. The van der Waals surface area contributed by atoms with E-state index in [4.69, 9.17) is 10.8 Å². The quantitative estimate of drug-likeness (QED) is 0.516. The van der Waals surface area contributed by atoms with Crippen LogP contribution in [0.5, 0.6) is 0 Å². The van der Waals surface area contributed by atoms with Gasteiger partial charge in [0, 0.05) is 26.0 Å². The average molecular weight is 225 g/mol. The number of rotatable bonds is 1. The molecule has 1 aromatic carbocycles. The van der Waals surface area contributed by atoms with Gasteiger partial charge in [0.2, 0.25) is 0 Å². The van der Waals surface area contributed by atoms with Gasteiger partial charge >= 0.3 is 5.97 Å². The van der Waals surface area contributed by atoms with Gasteiger partial charge in [0.1, 0.15) is 0 Å². The molecule has 5 heteroatoms. The number of fused-ring (bicyclic) bond motifs is 1. The number of hydrogen-bond donors (Lipinski definition) is 3. The van der Waals surface area contributed by atoms with Crippen molar-refractivity contribution in [3.63, 3.8) is 0 Å². The minimum atomic E-state index is -0.936. The van der Waals surface area contributed by atoms with Crippen LogP contribution in [0.1, 0.15) is 10.4 Å². The summed E-state index contributed by atoms with van der Waals surface area (Å²) in [6, 6.07) is 3.38. The number of thiol groups is 1. The van der Waals surface area contributed by atoms with Gasteiger partial charge in [-0.25, -0.2) is 4.79 Å². The number of carboxylic acids is 1. The van der Waals surface area contributed by atoms with Crippen molar-refractivity contribution in [2.45, 2.75) is 4.90 Å². The molecule has 1 aromatic heterocycles. The van der Waals surface area contributed by atoms with Crippen molar-refractivity contribution in [1.82, 2.24) is 0 Å². The summed E-state index contributed by atoms with van der Waals surface area (Å²) < 4.78 is 0.861. The van der Waals surface area contributed by atoms with Gasteiger partial charge in [0.05, 0.1) is 5.56 Å². The summed E-state index contributed by atoms with van der Waals surface area (Å²) in [4.78, 5) is 11.6. The van der Waals surface area contributed by atoms with Crippen molar-refractivity contribution >= 4 is 45.7 Å². The second-order valence-electron chi connectivity index (χ2n) is 2.87. The van der Waals surface area contributed by atoms with Crippen molar-refractivity contribution in [2.24, 2.45) is 0 Å². The molecule has 3 nitrogen and oxygen atoms in total. The van der Waals surface area contributed by atoms with Crippen LogP contribution in [0.3, 0.4) is 0 Å². The van der Waals surface area contributed by atoms with Crippen molar-refractivity contribution in [3.8, 4) is 0 Å². The van der Waals surface area contributed by atoms with Crippen molar-refractivity contribution in [1.29, 1.82) is 0 Å². The summed E-state index contributed by atoms with van der Waals surface area (Å²) in [6.07, 6.45) is 0. The van der Waals surface area contributed by atoms with Crippen LogP contribution in [0.15, 0.2) is 22.4 Å². The molecule has 0 radical (unpaired) electrons. The molecule has 1 heterocycles. The predicted octanol–water partition coefficient (Wildman–Crippen LogP) is 2.47. The molecule has 0 aliphatic rings. The Morgan fingerprint density at radius 2 is 2.21 bits per heavy atom. The zero-order valence-corrected chi connectivity index (χ0v) is 8.73. The minimum Gasteiger partial charge on any atom is -0.478 e. The molecule has 72 valence electrons. The molecule has 0 aliphatic heterocycles. The molecule has 14 heavy (non-hydrogen) atoms. The van der Waals surface area contributed by atoms with Gasteiger partial charge < -0.3 is 10.8 Å². The maximum atomic E-state index is 10.8. The van der Waals surface area contributed by atoms with Crippen LogP contribution in [0, 0.1) is 0 Å². The summed E-state index contributed by atoms with van der Waals surface area (Å²) in [6.45, 7) is 0. The maximum Gasteiger partial charge on any atom is 0.337 e. The molecule has 3 N–H and O–H groups in total. The Morgan fingerprint density at radius 3 is 2.86 bits per heavy atom. The largest absolute Gasteiger partial charge is 0.478 e. The maximum absolute atomic E-state index is 10.8. The Labute approximate surface area is 89.6 Å². The normalized spacial score (nSPS) is 10.6. The number of carboxylic acid groups (broad SMARTS) is 1. The molecule has 0 spiro atoms. The molecule has 2 aromatic rings. The number of aromatic carboxylic acids is 1. The fourth-order valence-electron chi connectivity index (χ4n) is 1.31. The van der Waals surface area contributed by atoms with E-state index in [9.17, 15) is 4.79 Å². The highest BCUT2D eigenvalue weighted by Gasteiger charge is 2.12. The first-order valence-corrected chi connectivity index (χ1v) is 5.15. The average Bonchev–Trinajstić information content (AvgIpc) is 2.47. The highest BCUT2D eigenvalue weighted by molar-refractivity contribution is 7.80. The molecule has 0 saturated heterocycles. The van der Waals surface area contributed by atoms with Gasteiger partial charge in [-0.1, -0.05) is 0 Å². The number of nitrogens with two attached hydrogens (primary N) is 1. The molecule has 0 bridgehead atoms. The van der Waals surface area contributed by atoms with Gasteiger partial charge in [0.15, 0.2) is 0 Å². The van der Waals surface area contributed by atoms with Crippen LogP contribution in [0.2, 0.25) is 0 Å². The van der Waals surface area contributed by atoms with E-state index in [0.29, 0.717) is 11.1 Å². The minimum absolute atomic E-state index is 0.285. The topological polar surface area (TPSA) is 63.3 Å². The third-order valence-corrected chi connectivity index (χ3v) is 3.44. The van der Waals surface area contributed by atoms with E-state index in [2.05, 4.69) is 12.6 Å². The molecule has 0 saturated carbocycles. The summed E-state index contributed by atoms with van der Waals surface area (Å²) in [5, 5.41) is 11.2. The van der Waals surface area contributed by atoms with Crippen molar-refractivity contribution in [3.05, 3.63) is 23.1 Å². The fourth-order valence-corrected chi connectivity index (χ4v) is 2.67. The van der Waals surface area contributed by atoms with E-state index in [0.717, 1.165) is 9.60 Å². The van der Waals surface area contributed by atoms with E-state index >= 15 is 0 Å². The van der Waals surface area contributed by atoms with Gasteiger partial charge in [-0.15, -0.1) is 24.0 Å². The van der Waals surface area contributed by atoms with E-state index in [1.807, 2.05) is 0 Å². The van der Waals surface area contributed by atoms with Crippen LogP contribution < -0.4 is 5.73 Å². The third-order valence-electron chi connectivity index (χ3n) is 1.91. The number of carbonyl (C=O) groups is 1. The summed E-state index contributed by atoms with van der Waals surface area (Å²) >= 11 is 5.60.